The van der Waals surface area contributed by atoms with E-state index in [9.17, 15) is 14.7 Å². The van der Waals surface area contributed by atoms with Gasteiger partial charge in [0.2, 0.25) is 0 Å². The van der Waals surface area contributed by atoms with E-state index in [-0.39, 0.29) is 25.7 Å². The molecular formula is C16H30N2O5. The minimum Gasteiger partial charge on any atom is -0.465 e. The monoisotopic (exact) mass is 330 g/mol. The molecule has 0 amide bonds. The van der Waals surface area contributed by atoms with Gasteiger partial charge in [-0.15, -0.1) is 0 Å². The van der Waals surface area contributed by atoms with Crippen LogP contribution in [0.1, 0.15) is 40.5 Å². The molecule has 0 bridgehead atoms. The van der Waals surface area contributed by atoms with E-state index in [1.165, 1.54) is 0 Å². The summed E-state index contributed by atoms with van der Waals surface area (Å²) in [5.74, 6) is -1.69. The van der Waals surface area contributed by atoms with Crippen molar-refractivity contribution in [1.82, 2.24) is 0 Å². The molecule has 0 saturated carbocycles. The van der Waals surface area contributed by atoms with Gasteiger partial charge in [-0.25, -0.2) is 4.79 Å². The second kappa shape index (κ2) is 9.00. The predicted molar refractivity (Wildman–Crippen MR) is 87.4 cm³/mol. The summed E-state index contributed by atoms with van der Waals surface area (Å²) in [7, 11) is 0. The first-order valence-corrected chi connectivity index (χ1v) is 7.68. The Kier molecular flexibility index (Phi) is 8.44. The van der Waals surface area contributed by atoms with Gasteiger partial charge in [0, 0.05) is 18.0 Å². The van der Waals surface area contributed by atoms with E-state index in [1.54, 1.807) is 20.8 Å². The lowest BCUT2D eigenvalue weighted by atomic mass is 9.74. The predicted octanol–water partition coefficient (Wildman–Crippen LogP) is 0.491. The summed E-state index contributed by atoms with van der Waals surface area (Å²) in [5.41, 5.74) is 9.60. The maximum Gasteiger partial charge on any atom is 0.330 e. The zero-order chi connectivity index (χ0) is 18.3. The van der Waals surface area contributed by atoms with Crippen molar-refractivity contribution in [1.29, 1.82) is 0 Å². The minimum absolute atomic E-state index is 0.0771. The molecular weight excluding hydrogens is 300 g/mol. The Morgan fingerprint density at radius 1 is 1.35 bits per heavy atom. The fraction of sp³-hybridized carbons (Fsp3) is 0.750. The van der Waals surface area contributed by atoms with Gasteiger partial charge in [0.1, 0.15) is 6.61 Å². The Morgan fingerprint density at radius 2 is 1.91 bits per heavy atom. The number of carbonyl (C=O) groups is 2. The first-order valence-electron chi connectivity index (χ1n) is 7.68. The molecule has 0 aliphatic carbocycles. The van der Waals surface area contributed by atoms with Crippen LogP contribution in [0.15, 0.2) is 12.7 Å². The average Bonchev–Trinajstić information content (AvgIpc) is 2.42. The highest BCUT2D eigenvalue weighted by Gasteiger charge is 2.44. The van der Waals surface area contributed by atoms with Crippen molar-refractivity contribution < 1.29 is 24.2 Å². The van der Waals surface area contributed by atoms with Crippen molar-refractivity contribution >= 4 is 11.9 Å². The highest BCUT2D eigenvalue weighted by molar-refractivity contribution is 5.81. The van der Waals surface area contributed by atoms with Crippen LogP contribution in [0.5, 0.6) is 0 Å². The lowest BCUT2D eigenvalue weighted by Crippen LogP contribution is -2.59. The third kappa shape index (κ3) is 7.58. The molecule has 3 atom stereocenters. The van der Waals surface area contributed by atoms with Crippen LogP contribution in [-0.4, -0.2) is 47.4 Å². The van der Waals surface area contributed by atoms with E-state index >= 15 is 0 Å². The Bertz CT molecular complexity index is 417. The lowest BCUT2D eigenvalue weighted by molar-refractivity contribution is -0.154. The molecule has 0 radical (unpaired) electrons. The third-order valence-electron chi connectivity index (χ3n) is 3.75. The maximum atomic E-state index is 11.7. The van der Waals surface area contributed by atoms with Crippen LogP contribution < -0.4 is 11.5 Å². The van der Waals surface area contributed by atoms with Crippen LogP contribution in [-0.2, 0) is 19.1 Å². The second-order valence-corrected chi connectivity index (χ2v) is 6.47. The van der Waals surface area contributed by atoms with Gasteiger partial charge in [-0.1, -0.05) is 13.5 Å². The van der Waals surface area contributed by atoms with Gasteiger partial charge in [0.25, 0.3) is 0 Å². The molecule has 0 fully saturated rings. The molecule has 0 spiro atoms. The standard InChI is InChI=1S/C16H30N2O5/c1-6-13(19)23-10-16(18,7-2)12(15(4,5)21)9-22-14(20)8-11(3)17/h6,11-12,21H,1,7-10,17-18H2,2-5H3. The topological polar surface area (TPSA) is 125 Å². The molecule has 7 nitrogen and oxygen atoms in total. The van der Waals surface area contributed by atoms with E-state index in [2.05, 4.69) is 6.58 Å². The van der Waals surface area contributed by atoms with Crippen LogP contribution in [0.4, 0.5) is 0 Å². The van der Waals surface area contributed by atoms with Crippen LogP contribution in [0.25, 0.3) is 0 Å². The second-order valence-electron chi connectivity index (χ2n) is 6.47. The molecule has 0 aromatic carbocycles. The Balaban J connectivity index is 5.07. The molecule has 134 valence electrons. The summed E-state index contributed by atoms with van der Waals surface area (Å²) < 4.78 is 10.2. The Labute approximate surface area is 138 Å². The van der Waals surface area contributed by atoms with Crippen molar-refractivity contribution in [2.45, 2.75) is 57.7 Å². The zero-order valence-corrected chi connectivity index (χ0v) is 14.5. The molecule has 5 N–H and O–H groups in total. The van der Waals surface area contributed by atoms with Gasteiger partial charge >= 0.3 is 11.9 Å². The lowest BCUT2D eigenvalue weighted by Gasteiger charge is -2.42. The Morgan fingerprint density at radius 3 is 2.30 bits per heavy atom. The van der Waals surface area contributed by atoms with Gasteiger partial charge in [-0.3, -0.25) is 4.79 Å². The summed E-state index contributed by atoms with van der Waals surface area (Å²) in [4.78, 5) is 23.0. The number of hydrogen-bond donors (Lipinski definition) is 3. The molecule has 23 heavy (non-hydrogen) atoms. The molecule has 0 heterocycles. The van der Waals surface area contributed by atoms with Crippen molar-refractivity contribution in [3.63, 3.8) is 0 Å². The fourth-order valence-electron chi connectivity index (χ4n) is 2.28. The number of nitrogens with two attached hydrogens (primary N) is 2. The van der Waals surface area contributed by atoms with Crippen LogP contribution >= 0.6 is 0 Å². The summed E-state index contributed by atoms with van der Waals surface area (Å²) in [6.07, 6.45) is 1.53. The molecule has 0 saturated heterocycles. The van der Waals surface area contributed by atoms with E-state index in [0.717, 1.165) is 6.08 Å². The molecule has 0 aliphatic heterocycles. The molecule has 3 unspecified atom stereocenters. The van der Waals surface area contributed by atoms with Crippen molar-refractivity contribution in [3.05, 3.63) is 12.7 Å². The van der Waals surface area contributed by atoms with Crippen molar-refractivity contribution in [2.24, 2.45) is 17.4 Å². The van der Waals surface area contributed by atoms with E-state index in [0.29, 0.717) is 6.42 Å². The molecule has 0 aromatic heterocycles. The maximum absolute atomic E-state index is 11.7. The van der Waals surface area contributed by atoms with E-state index < -0.39 is 29.0 Å². The summed E-state index contributed by atoms with van der Waals surface area (Å²) >= 11 is 0. The number of hydrogen-bond acceptors (Lipinski definition) is 7. The van der Waals surface area contributed by atoms with Crippen molar-refractivity contribution in [2.75, 3.05) is 13.2 Å². The van der Waals surface area contributed by atoms with E-state index in [1.807, 2.05) is 6.92 Å². The molecule has 7 heteroatoms. The number of aliphatic hydroxyl groups is 1. The summed E-state index contributed by atoms with van der Waals surface area (Å²) in [6.45, 7) is 9.77. The van der Waals surface area contributed by atoms with Crippen molar-refractivity contribution in [3.8, 4) is 0 Å². The van der Waals surface area contributed by atoms with Crippen LogP contribution in [0.2, 0.25) is 0 Å². The minimum atomic E-state index is -1.24. The number of carbonyl (C=O) groups excluding carboxylic acids is 2. The van der Waals surface area contributed by atoms with E-state index in [4.69, 9.17) is 20.9 Å². The van der Waals surface area contributed by atoms with Gasteiger partial charge in [-0.2, -0.15) is 0 Å². The number of ether oxygens (including phenoxy) is 2. The van der Waals surface area contributed by atoms with Gasteiger partial charge in [-0.05, 0) is 27.2 Å². The van der Waals surface area contributed by atoms with Crippen LogP contribution in [0, 0.1) is 5.92 Å². The zero-order valence-electron chi connectivity index (χ0n) is 14.5. The normalized spacial score (nSPS) is 16.8. The summed E-state index contributed by atoms with van der Waals surface area (Å²) in [6, 6.07) is -0.314. The third-order valence-corrected chi connectivity index (χ3v) is 3.75. The van der Waals surface area contributed by atoms with Gasteiger partial charge in [0.15, 0.2) is 0 Å². The molecule has 0 rings (SSSR count). The first kappa shape index (κ1) is 21.6. The highest BCUT2D eigenvalue weighted by Crippen LogP contribution is 2.30. The largest absolute Gasteiger partial charge is 0.465 e. The Hall–Kier alpha value is -1.44. The van der Waals surface area contributed by atoms with Gasteiger partial charge < -0.3 is 26.0 Å². The van der Waals surface area contributed by atoms with Gasteiger partial charge in [0.05, 0.1) is 24.2 Å². The number of rotatable bonds is 10. The average molecular weight is 330 g/mol. The smallest absolute Gasteiger partial charge is 0.330 e. The highest BCUT2D eigenvalue weighted by atomic mass is 16.5. The number of esters is 2. The van der Waals surface area contributed by atoms with Crippen LogP contribution in [0.3, 0.4) is 0 Å². The quantitative estimate of drug-likeness (QED) is 0.393. The molecule has 0 aliphatic rings. The SMILES string of the molecule is C=CC(=O)OCC(N)(CC)C(COC(=O)CC(C)N)C(C)(C)O. The summed E-state index contributed by atoms with van der Waals surface area (Å²) in [5, 5.41) is 10.4. The molecule has 0 aromatic rings. The fourth-order valence-corrected chi connectivity index (χ4v) is 2.28. The first-order chi connectivity index (χ1) is 10.5.